The summed E-state index contributed by atoms with van der Waals surface area (Å²) in [5, 5.41) is 9.38. The quantitative estimate of drug-likeness (QED) is 0.891. The summed E-state index contributed by atoms with van der Waals surface area (Å²) in [4.78, 5) is 6.68. The summed E-state index contributed by atoms with van der Waals surface area (Å²) < 4.78 is 1.01. The van der Waals surface area contributed by atoms with E-state index in [1.54, 1.807) is 0 Å². The molecule has 1 fully saturated rings. The zero-order valence-electron chi connectivity index (χ0n) is 8.56. The van der Waals surface area contributed by atoms with Gasteiger partial charge in [-0.1, -0.05) is 0 Å². The van der Waals surface area contributed by atoms with Gasteiger partial charge in [0.2, 0.25) is 0 Å². The van der Waals surface area contributed by atoms with Crippen molar-refractivity contribution in [3.63, 3.8) is 0 Å². The number of piperidine rings is 1. The smallest absolute Gasteiger partial charge is 0.0564 e. The van der Waals surface area contributed by atoms with Crippen LogP contribution in [0.3, 0.4) is 0 Å². The van der Waals surface area contributed by atoms with E-state index in [0.717, 1.165) is 42.6 Å². The molecule has 15 heavy (non-hydrogen) atoms. The van der Waals surface area contributed by atoms with E-state index >= 15 is 0 Å². The van der Waals surface area contributed by atoms with Crippen molar-refractivity contribution in [2.75, 3.05) is 13.1 Å². The molecule has 1 saturated heterocycles. The summed E-state index contributed by atoms with van der Waals surface area (Å²) in [6.07, 6.45) is 3.50. The average Bonchev–Trinajstić information content (AvgIpc) is 2.25. The van der Waals surface area contributed by atoms with Crippen LogP contribution < -0.4 is 0 Å². The SMILES string of the molecule is OC1CCN(Cc2ccc(Br)cn2)CC1. The van der Waals surface area contributed by atoms with Gasteiger partial charge in [-0.15, -0.1) is 0 Å². The van der Waals surface area contributed by atoms with Crippen molar-refractivity contribution in [1.82, 2.24) is 9.88 Å². The van der Waals surface area contributed by atoms with Crippen molar-refractivity contribution >= 4 is 15.9 Å². The number of pyridine rings is 1. The first-order valence-electron chi connectivity index (χ1n) is 5.25. The standard InChI is InChI=1S/C11H15BrN2O/c12-9-1-2-10(13-7-9)8-14-5-3-11(15)4-6-14/h1-2,7,11,15H,3-6,8H2. The topological polar surface area (TPSA) is 36.4 Å². The van der Waals surface area contributed by atoms with Crippen LogP contribution in [0.1, 0.15) is 18.5 Å². The molecule has 1 aromatic rings. The van der Waals surface area contributed by atoms with Crippen molar-refractivity contribution in [3.05, 3.63) is 28.5 Å². The van der Waals surface area contributed by atoms with Gasteiger partial charge in [-0.2, -0.15) is 0 Å². The molecule has 0 unspecified atom stereocenters. The number of aromatic nitrogens is 1. The maximum atomic E-state index is 9.38. The summed E-state index contributed by atoms with van der Waals surface area (Å²) in [6.45, 7) is 2.83. The van der Waals surface area contributed by atoms with Crippen LogP contribution in [0.4, 0.5) is 0 Å². The van der Waals surface area contributed by atoms with E-state index < -0.39 is 0 Å². The average molecular weight is 271 g/mol. The zero-order valence-corrected chi connectivity index (χ0v) is 10.2. The van der Waals surface area contributed by atoms with E-state index in [1.807, 2.05) is 18.3 Å². The molecule has 2 rings (SSSR count). The molecule has 0 saturated carbocycles. The third kappa shape index (κ3) is 3.26. The molecule has 0 aliphatic carbocycles. The lowest BCUT2D eigenvalue weighted by molar-refractivity contribution is 0.0786. The third-order valence-electron chi connectivity index (χ3n) is 2.73. The second-order valence-corrected chi connectivity index (χ2v) is 4.89. The molecule has 2 heterocycles. The van der Waals surface area contributed by atoms with Gasteiger partial charge in [0, 0.05) is 30.3 Å². The first kappa shape index (κ1) is 11.0. The summed E-state index contributed by atoms with van der Waals surface area (Å²) in [7, 11) is 0. The Morgan fingerprint density at radius 1 is 1.40 bits per heavy atom. The van der Waals surface area contributed by atoms with Gasteiger partial charge in [0.05, 0.1) is 11.8 Å². The largest absolute Gasteiger partial charge is 0.393 e. The van der Waals surface area contributed by atoms with Gasteiger partial charge in [-0.3, -0.25) is 9.88 Å². The predicted octanol–water partition coefficient (Wildman–Crippen LogP) is 1.80. The van der Waals surface area contributed by atoms with Crippen LogP contribution in [0.15, 0.2) is 22.8 Å². The highest BCUT2D eigenvalue weighted by atomic mass is 79.9. The van der Waals surface area contributed by atoms with Gasteiger partial charge in [-0.25, -0.2) is 0 Å². The maximum Gasteiger partial charge on any atom is 0.0564 e. The van der Waals surface area contributed by atoms with E-state index in [9.17, 15) is 5.11 Å². The van der Waals surface area contributed by atoms with Gasteiger partial charge in [0.25, 0.3) is 0 Å². The number of rotatable bonds is 2. The number of hydrogen-bond donors (Lipinski definition) is 1. The van der Waals surface area contributed by atoms with Crippen LogP contribution in [-0.4, -0.2) is 34.2 Å². The number of aliphatic hydroxyl groups excluding tert-OH is 1. The fourth-order valence-corrected chi connectivity index (χ4v) is 2.04. The first-order chi connectivity index (χ1) is 7.24. The highest BCUT2D eigenvalue weighted by Gasteiger charge is 2.16. The van der Waals surface area contributed by atoms with Crippen molar-refractivity contribution in [2.45, 2.75) is 25.5 Å². The van der Waals surface area contributed by atoms with Gasteiger partial charge >= 0.3 is 0 Å². The lowest BCUT2D eigenvalue weighted by atomic mass is 10.1. The number of likely N-dealkylation sites (tertiary alicyclic amines) is 1. The normalized spacial score (nSPS) is 19.3. The molecule has 0 radical (unpaired) electrons. The minimum Gasteiger partial charge on any atom is -0.393 e. The summed E-state index contributed by atoms with van der Waals surface area (Å²) in [6, 6.07) is 4.05. The minimum absolute atomic E-state index is 0.0980. The van der Waals surface area contributed by atoms with E-state index in [1.165, 1.54) is 0 Å². The molecule has 1 N–H and O–H groups in total. The van der Waals surface area contributed by atoms with Crippen molar-refractivity contribution in [1.29, 1.82) is 0 Å². The van der Waals surface area contributed by atoms with Crippen molar-refractivity contribution in [3.8, 4) is 0 Å². The fraction of sp³-hybridized carbons (Fsp3) is 0.545. The zero-order chi connectivity index (χ0) is 10.7. The molecule has 0 atom stereocenters. The van der Waals surface area contributed by atoms with Crippen LogP contribution in [0.2, 0.25) is 0 Å². The Balaban J connectivity index is 1.89. The Bertz CT molecular complexity index is 307. The number of aliphatic hydroxyl groups is 1. The first-order valence-corrected chi connectivity index (χ1v) is 6.04. The van der Waals surface area contributed by atoms with Crippen LogP contribution in [0.25, 0.3) is 0 Å². The third-order valence-corrected chi connectivity index (χ3v) is 3.20. The molecule has 0 spiro atoms. The van der Waals surface area contributed by atoms with Crippen LogP contribution in [0.5, 0.6) is 0 Å². The fourth-order valence-electron chi connectivity index (χ4n) is 1.81. The van der Waals surface area contributed by atoms with E-state index in [-0.39, 0.29) is 6.10 Å². The molecule has 1 aliphatic heterocycles. The number of nitrogens with zero attached hydrogens (tertiary/aromatic N) is 2. The van der Waals surface area contributed by atoms with Gasteiger partial charge < -0.3 is 5.11 Å². The molecule has 3 nitrogen and oxygen atoms in total. The molecule has 1 aliphatic rings. The van der Waals surface area contributed by atoms with E-state index in [4.69, 9.17) is 0 Å². The Labute approximate surface area is 98.3 Å². The van der Waals surface area contributed by atoms with Crippen LogP contribution in [-0.2, 0) is 6.54 Å². The molecular formula is C11H15BrN2O. The predicted molar refractivity (Wildman–Crippen MR) is 62.5 cm³/mol. The summed E-state index contributed by atoms with van der Waals surface area (Å²) in [5.41, 5.74) is 1.09. The highest BCUT2D eigenvalue weighted by molar-refractivity contribution is 9.10. The lowest BCUT2D eigenvalue weighted by Gasteiger charge is -2.29. The lowest BCUT2D eigenvalue weighted by Crippen LogP contribution is -2.35. The van der Waals surface area contributed by atoms with Crippen LogP contribution >= 0.6 is 15.9 Å². The van der Waals surface area contributed by atoms with Crippen molar-refractivity contribution in [2.24, 2.45) is 0 Å². The van der Waals surface area contributed by atoms with Gasteiger partial charge in [-0.05, 0) is 40.9 Å². The van der Waals surface area contributed by atoms with Gasteiger partial charge in [0.15, 0.2) is 0 Å². The van der Waals surface area contributed by atoms with Crippen LogP contribution in [0, 0.1) is 0 Å². The molecule has 82 valence electrons. The molecule has 0 amide bonds. The number of hydrogen-bond acceptors (Lipinski definition) is 3. The molecule has 0 bridgehead atoms. The molecule has 0 aromatic carbocycles. The second kappa shape index (κ2) is 5.05. The van der Waals surface area contributed by atoms with Crippen molar-refractivity contribution < 1.29 is 5.11 Å². The Kier molecular flexibility index (Phi) is 3.72. The highest BCUT2D eigenvalue weighted by Crippen LogP contribution is 2.14. The summed E-state index contributed by atoms with van der Waals surface area (Å²) >= 11 is 3.37. The monoisotopic (exact) mass is 270 g/mol. The van der Waals surface area contributed by atoms with E-state index in [2.05, 4.69) is 25.8 Å². The molecular weight excluding hydrogens is 256 g/mol. The molecule has 4 heteroatoms. The number of halogens is 1. The van der Waals surface area contributed by atoms with Gasteiger partial charge in [0.1, 0.15) is 0 Å². The van der Waals surface area contributed by atoms with E-state index in [0.29, 0.717) is 0 Å². The minimum atomic E-state index is -0.0980. The Morgan fingerprint density at radius 3 is 2.73 bits per heavy atom. The summed E-state index contributed by atoms with van der Waals surface area (Å²) in [5.74, 6) is 0. The maximum absolute atomic E-state index is 9.38. The molecule has 1 aromatic heterocycles. The Morgan fingerprint density at radius 2 is 2.13 bits per heavy atom. The second-order valence-electron chi connectivity index (χ2n) is 3.98. The Hall–Kier alpha value is -0.450.